The van der Waals surface area contributed by atoms with Gasteiger partial charge in [-0.2, -0.15) is 0 Å². The summed E-state index contributed by atoms with van der Waals surface area (Å²) >= 11 is 0. The summed E-state index contributed by atoms with van der Waals surface area (Å²) in [6, 6.07) is 0. The van der Waals surface area contributed by atoms with Gasteiger partial charge in [0.15, 0.2) is 6.10 Å². The van der Waals surface area contributed by atoms with Gasteiger partial charge in [0.05, 0.1) is 13.1 Å². The van der Waals surface area contributed by atoms with Crippen molar-refractivity contribution in [2.24, 2.45) is 0 Å². The van der Waals surface area contributed by atoms with Gasteiger partial charge in [0.1, 0.15) is 0 Å². The largest absolute Gasteiger partial charge is 0.479 e. The molecule has 0 aliphatic carbocycles. The van der Waals surface area contributed by atoms with Crippen molar-refractivity contribution in [2.45, 2.75) is 6.10 Å². The van der Waals surface area contributed by atoms with Crippen LogP contribution in [0.1, 0.15) is 0 Å². The maximum Gasteiger partial charge on any atom is 0.334 e. The fourth-order valence-corrected chi connectivity index (χ4v) is 0.648. The lowest BCUT2D eigenvalue weighted by Crippen LogP contribution is -2.40. The Hall–Kier alpha value is -1.40. The molecule has 0 aromatic heterocycles. The molecular formula is C8H14N2O4. The van der Waals surface area contributed by atoms with Crippen LogP contribution in [0, 0.1) is 0 Å². The summed E-state index contributed by atoms with van der Waals surface area (Å²) in [4.78, 5) is 21.1. The van der Waals surface area contributed by atoms with E-state index in [1.807, 2.05) is 0 Å². The molecule has 80 valence electrons. The van der Waals surface area contributed by atoms with E-state index in [1.54, 1.807) is 6.08 Å². The van der Waals surface area contributed by atoms with Crippen LogP contribution in [0.4, 0.5) is 0 Å². The molecule has 0 aliphatic rings. The number of carboxylic acid groups (broad SMARTS) is 1. The molecule has 0 unspecified atom stereocenters. The Morgan fingerprint density at radius 2 is 2.14 bits per heavy atom. The molecule has 6 heteroatoms. The van der Waals surface area contributed by atoms with Gasteiger partial charge in [0, 0.05) is 6.54 Å². The van der Waals surface area contributed by atoms with E-state index in [4.69, 9.17) is 10.2 Å². The number of hydrogen-bond acceptors (Lipinski definition) is 4. The Balaban J connectivity index is 3.53. The number of amides is 1. The molecule has 0 saturated heterocycles. The van der Waals surface area contributed by atoms with Crippen LogP contribution in [-0.4, -0.2) is 47.8 Å². The summed E-state index contributed by atoms with van der Waals surface area (Å²) in [6.07, 6.45) is 0.0395. The predicted molar refractivity (Wildman–Crippen MR) is 49.7 cm³/mol. The smallest absolute Gasteiger partial charge is 0.334 e. The first-order chi connectivity index (χ1) is 6.57. The van der Waals surface area contributed by atoms with E-state index in [1.165, 1.54) is 0 Å². The van der Waals surface area contributed by atoms with Gasteiger partial charge >= 0.3 is 5.97 Å². The number of carboxylic acids is 1. The van der Waals surface area contributed by atoms with Crippen molar-refractivity contribution in [3.05, 3.63) is 12.7 Å². The quantitative estimate of drug-likeness (QED) is 0.292. The van der Waals surface area contributed by atoms with Gasteiger partial charge in [-0.3, -0.25) is 4.79 Å². The third kappa shape index (κ3) is 6.15. The SMILES string of the molecule is C=CCNCC(=O)NC[C@H](O)C(=O)O. The van der Waals surface area contributed by atoms with Crippen molar-refractivity contribution in [3.63, 3.8) is 0 Å². The Morgan fingerprint density at radius 1 is 1.50 bits per heavy atom. The first kappa shape index (κ1) is 12.6. The Labute approximate surface area is 81.6 Å². The summed E-state index contributed by atoms with van der Waals surface area (Å²) in [6.45, 7) is 3.72. The number of hydrogen-bond donors (Lipinski definition) is 4. The molecule has 1 atom stereocenters. The van der Waals surface area contributed by atoms with Crippen LogP contribution in [0.5, 0.6) is 0 Å². The molecule has 0 fully saturated rings. The zero-order valence-corrected chi connectivity index (χ0v) is 7.69. The summed E-state index contributed by atoms with van der Waals surface area (Å²) < 4.78 is 0. The minimum absolute atomic E-state index is 0.0678. The predicted octanol–water partition coefficient (Wildman–Crippen LogP) is -1.68. The number of rotatable bonds is 7. The van der Waals surface area contributed by atoms with Crippen LogP contribution >= 0.6 is 0 Å². The molecule has 0 spiro atoms. The molecule has 6 nitrogen and oxygen atoms in total. The minimum Gasteiger partial charge on any atom is -0.479 e. The van der Waals surface area contributed by atoms with Crippen LogP contribution in [0.15, 0.2) is 12.7 Å². The normalized spacial score (nSPS) is 11.8. The van der Waals surface area contributed by atoms with Gasteiger partial charge < -0.3 is 20.8 Å². The molecule has 14 heavy (non-hydrogen) atoms. The van der Waals surface area contributed by atoms with Crippen LogP contribution in [0.25, 0.3) is 0 Å². The van der Waals surface area contributed by atoms with E-state index >= 15 is 0 Å². The van der Waals surface area contributed by atoms with Crippen LogP contribution in [-0.2, 0) is 9.59 Å². The van der Waals surface area contributed by atoms with Crippen LogP contribution < -0.4 is 10.6 Å². The highest BCUT2D eigenvalue weighted by Gasteiger charge is 2.13. The number of nitrogens with one attached hydrogen (secondary N) is 2. The van der Waals surface area contributed by atoms with Crippen molar-refractivity contribution in [1.82, 2.24) is 10.6 Å². The second kappa shape index (κ2) is 7.05. The minimum atomic E-state index is -1.56. The lowest BCUT2D eigenvalue weighted by molar-refractivity contribution is -0.146. The molecule has 1 amide bonds. The van der Waals surface area contributed by atoms with E-state index in [0.29, 0.717) is 6.54 Å². The van der Waals surface area contributed by atoms with Crippen LogP contribution in [0.3, 0.4) is 0 Å². The lowest BCUT2D eigenvalue weighted by Gasteiger charge is -2.07. The topological polar surface area (TPSA) is 98.7 Å². The van der Waals surface area contributed by atoms with Gasteiger partial charge in [-0.1, -0.05) is 6.08 Å². The van der Waals surface area contributed by atoms with Gasteiger partial charge in [0.2, 0.25) is 5.91 Å². The fraction of sp³-hybridized carbons (Fsp3) is 0.500. The van der Waals surface area contributed by atoms with Gasteiger partial charge in [-0.05, 0) is 0 Å². The Bertz CT molecular complexity index is 217. The molecule has 0 bridgehead atoms. The first-order valence-corrected chi connectivity index (χ1v) is 4.07. The Morgan fingerprint density at radius 3 is 2.64 bits per heavy atom. The summed E-state index contributed by atoms with van der Waals surface area (Å²) in [5.74, 6) is -1.73. The van der Waals surface area contributed by atoms with E-state index in [2.05, 4.69) is 17.2 Å². The number of aliphatic carboxylic acids is 1. The van der Waals surface area contributed by atoms with E-state index in [-0.39, 0.29) is 19.0 Å². The summed E-state index contributed by atoms with van der Waals surface area (Å²) in [5.41, 5.74) is 0. The zero-order valence-electron chi connectivity index (χ0n) is 7.69. The molecule has 0 saturated carbocycles. The standard InChI is InChI=1S/C8H14N2O4/c1-2-3-9-5-7(12)10-4-6(11)8(13)14/h2,6,9,11H,1,3-5H2,(H,10,12)(H,13,14)/t6-/m0/s1. The molecule has 0 heterocycles. The fourth-order valence-electron chi connectivity index (χ4n) is 0.648. The highest BCUT2D eigenvalue weighted by molar-refractivity contribution is 5.79. The van der Waals surface area contributed by atoms with Crippen molar-refractivity contribution in [3.8, 4) is 0 Å². The van der Waals surface area contributed by atoms with Gasteiger partial charge in [-0.25, -0.2) is 4.79 Å². The second-order valence-electron chi connectivity index (χ2n) is 2.58. The number of carbonyl (C=O) groups excluding carboxylic acids is 1. The average molecular weight is 202 g/mol. The molecule has 0 radical (unpaired) electrons. The Kier molecular flexibility index (Phi) is 6.34. The first-order valence-electron chi connectivity index (χ1n) is 4.07. The van der Waals surface area contributed by atoms with Gasteiger partial charge in [-0.15, -0.1) is 6.58 Å². The molecular weight excluding hydrogens is 188 g/mol. The van der Waals surface area contributed by atoms with Crippen molar-refractivity contribution < 1.29 is 19.8 Å². The van der Waals surface area contributed by atoms with E-state index < -0.39 is 12.1 Å². The zero-order chi connectivity index (χ0) is 11.0. The van der Waals surface area contributed by atoms with Crippen LogP contribution in [0.2, 0.25) is 0 Å². The van der Waals surface area contributed by atoms with Gasteiger partial charge in [0.25, 0.3) is 0 Å². The highest BCUT2D eigenvalue weighted by atomic mass is 16.4. The van der Waals surface area contributed by atoms with E-state index in [0.717, 1.165) is 0 Å². The third-order valence-corrected chi connectivity index (χ3v) is 1.35. The molecule has 4 N–H and O–H groups in total. The average Bonchev–Trinajstić information content (AvgIpc) is 2.14. The third-order valence-electron chi connectivity index (χ3n) is 1.35. The number of aliphatic hydroxyl groups excluding tert-OH is 1. The summed E-state index contributed by atoms with van der Waals surface area (Å²) in [7, 11) is 0. The van der Waals surface area contributed by atoms with E-state index in [9.17, 15) is 9.59 Å². The molecule has 0 rings (SSSR count). The molecule has 0 aliphatic heterocycles. The monoisotopic (exact) mass is 202 g/mol. The second-order valence-corrected chi connectivity index (χ2v) is 2.58. The lowest BCUT2D eigenvalue weighted by atomic mass is 10.3. The maximum absolute atomic E-state index is 10.9. The van der Waals surface area contributed by atoms with Crippen molar-refractivity contribution in [2.75, 3.05) is 19.6 Å². The number of aliphatic hydroxyl groups is 1. The van der Waals surface area contributed by atoms with Crippen molar-refractivity contribution in [1.29, 1.82) is 0 Å². The summed E-state index contributed by atoms with van der Waals surface area (Å²) in [5, 5.41) is 22.1. The van der Waals surface area contributed by atoms with Crippen molar-refractivity contribution >= 4 is 11.9 Å². The molecule has 0 aromatic rings. The highest BCUT2D eigenvalue weighted by Crippen LogP contribution is 1.79. The molecule has 0 aromatic carbocycles. The maximum atomic E-state index is 10.9. The number of carbonyl (C=O) groups is 2.